The Morgan fingerprint density at radius 3 is 2.53 bits per heavy atom. The molecule has 0 radical (unpaired) electrons. The molecule has 0 saturated heterocycles. The number of hydrogen-bond donors (Lipinski definition) is 1. The van der Waals surface area contributed by atoms with E-state index in [0.29, 0.717) is 0 Å². The number of hydrogen-bond acceptors (Lipinski definition) is 4. The van der Waals surface area contributed by atoms with Gasteiger partial charge in [-0.2, -0.15) is 0 Å². The van der Waals surface area contributed by atoms with Crippen molar-refractivity contribution in [1.29, 1.82) is 0 Å². The third-order valence-corrected chi connectivity index (χ3v) is 4.74. The standard InChI is InChI=1S/C14H23NO3S/c1-4-10-15-13(11-19(16,17)5-2)12-8-6-7-9-14(12)18-3/h6-9,13,15H,4-5,10-11H2,1-3H3. The van der Waals surface area contributed by atoms with Crippen LogP contribution in [0.1, 0.15) is 31.9 Å². The van der Waals surface area contributed by atoms with Gasteiger partial charge in [0.15, 0.2) is 9.84 Å². The van der Waals surface area contributed by atoms with Crippen LogP contribution in [0.4, 0.5) is 0 Å². The molecule has 1 unspecified atom stereocenters. The summed E-state index contributed by atoms with van der Waals surface area (Å²) >= 11 is 0. The molecule has 0 aromatic heterocycles. The summed E-state index contributed by atoms with van der Waals surface area (Å²) < 4.78 is 29.0. The van der Waals surface area contributed by atoms with Gasteiger partial charge in [0.1, 0.15) is 5.75 Å². The minimum atomic E-state index is -3.04. The van der Waals surface area contributed by atoms with Crippen LogP contribution in [0.2, 0.25) is 0 Å². The number of para-hydroxylation sites is 1. The highest BCUT2D eigenvalue weighted by Crippen LogP contribution is 2.26. The largest absolute Gasteiger partial charge is 0.496 e. The maximum atomic E-state index is 11.9. The summed E-state index contributed by atoms with van der Waals surface area (Å²) in [4.78, 5) is 0. The van der Waals surface area contributed by atoms with Crippen molar-refractivity contribution in [2.75, 3.05) is 25.2 Å². The van der Waals surface area contributed by atoms with E-state index in [4.69, 9.17) is 4.74 Å². The Morgan fingerprint density at radius 1 is 1.26 bits per heavy atom. The zero-order chi connectivity index (χ0) is 14.3. The third kappa shape index (κ3) is 4.84. The molecule has 1 atom stereocenters. The van der Waals surface area contributed by atoms with Gasteiger partial charge >= 0.3 is 0 Å². The molecular formula is C14H23NO3S. The highest BCUT2D eigenvalue weighted by atomic mass is 32.2. The Hall–Kier alpha value is -1.07. The predicted molar refractivity (Wildman–Crippen MR) is 78.4 cm³/mol. The van der Waals surface area contributed by atoms with Crippen LogP contribution < -0.4 is 10.1 Å². The molecule has 1 aromatic rings. The summed E-state index contributed by atoms with van der Waals surface area (Å²) in [6.45, 7) is 4.51. The van der Waals surface area contributed by atoms with Crippen molar-refractivity contribution in [1.82, 2.24) is 5.32 Å². The van der Waals surface area contributed by atoms with Gasteiger partial charge < -0.3 is 10.1 Å². The number of ether oxygens (including phenoxy) is 1. The molecule has 0 bridgehead atoms. The predicted octanol–water partition coefficient (Wildman–Crippen LogP) is 2.17. The Kier molecular flexibility index (Phi) is 6.31. The van der Waals surface area contributed by atoms with E-state index < -0.39 is 9.84 Å². The third-order valence-electron chi connectivity index (χ3n) is 3.02. The van der Waals surface area contributed by atoms with Gasteiger partial charge in [-0.3, -0.25) is 0 Å². The molecule has 0 amide bonds. The second kappa shape index (κ2) is 7.50. The lowest BCUT2D eigenvalue weighted by atomic mass is 10.1. The molecule has 0 aliphatic carbocycles. The van der Waals surface area contributed by atoms with Gasteiger partial charge in [0, 0.05) is 17.4 Å². The van der Waals surface area contributed by atoms with Gasteiger partial charge in [-0.1, -0.05) is 32.0 Å². The van der Waals surface area contributed by atoms with E-state index in [1.54, 1.807) is 14.0 Å². The van der Waals surface area contributed by atoms with Crippen LogP contribution in [0.15, 0.2) is 24.3 Å². The average Bonchev–Trinajstić information content (AvgIpc) is 2.43. The van der Waals surface area contributed by atoms with Crippen molar-refractivity contribution in [3.63, 3.8) is 0 Å². The molecule has 1 N–H and O–H groups in total. The number of benzene rings is 1. The lowest BCUT2D eigenvalue weighted by Crippen LogP contribution is -2.29. The van der Waals surface area contributed by atoms with Crippen molar-refractivity contribution < 1.29 is 13.2 Å². The van der Waals surface area contributed by atoms with E-state index in [1.807, 2.05) is 24.3 Å². The van der Waals surface area contributed by atoms with E-state index in [9.17, 15) is 8.42 Å². The Bertz CT molecular complexity index is 485. The summed E-state index contributed by atoms with van der Waals surface area (Å²) in [5, 5.41) is 3.29. The van der Waals surface area contributed by atoms with Gasteiger partial charge in [-0.25, -0.2) is 8.42 Å². The van der Waals surface area contributed by atoms with Gasteiger partial charge in [-0.15, -0.1) is 0 Å². The molecule has 108 valence electrons. The van der Waals surface area contributed by atoms with Crippen LogP contribution in [0.5, 0.6) is 5.75 Å². The van der Waals surface area contributed by atoms with Crippen LogP contribution >= 0.6 is 0 Å². The molecule has 1 aromatic carbocycles. The Morgan fingerprint density at radius 2 is 1.95 bits per heavy atom. The topological polar surface area (TPSA) is 55.4 Å². The molecule has 0 aliphatic heterocycles. The van der Waals surface area contributed by atoms with E-state index >= 15 is 0 Å². The monoisotopic (exact) mass is 285 g/mol. The zero-order valence-corrected chi connectivity index (χ0v) is 12.7. The van der Waals surface area contributed by atoms with Crippen molar-refractivity contribution >= 4 is 9.84 Å². The number of rotatable bonds is 8. The fraction of sp³-hybridized carbons (Fsp3) is 0.571. The number of sulfone groups is 1. The highest BCUT2D eigenvalue weighted by molar-refractivity contribution is 7.91. The molecule has 0 spiro atoms. The van der Waals surface area contributed by atoms with E-state index in [-0.39, 0.29) is 17.5 Å². The Balaban J connectivity index is 3.02. The fourth-order valence-corrected chi connectivity index (χ4v) is 2.94. The smallest absolute Gasteiger partial charge is 0.151 e. The SMILES string of the molecule is CCCNC(CS(=O)(=O)CC)c1ccccc1OC. The van der Waals surface area contributed by atoms with Gasteiger partial charge in [0.2, 0.25) is 0 Å². The maximum absolute atomic E-state index is 11.9. The van der Waals surface area contributed by atoms with Gasteiger partial charge in [0.05, 0.1) is 12.9 Å². The quantitative estimate of drug-likeness (QED) is 0.795. The van der Waals surface area contributed by atoms with Crippen LogP contribution in [-0.2, 0) is 9.84 Å². The maximum Gasteiger partial charge on any atom is 0.151 e. The highest BCUT2D eigenvalue weighted by Gasteiger charge is 2.21. The molecule has 0 saturated carbocycles. The minimum Gasteiger partial charge on any atom is -0.496 e. The van der Waals surface area contributed by atoms with Gasteiger partial charge in [0.25, 0.3) is 0 Å². The molecule has 0 heterocycles. The Labute approximate surface area is 116 Å². The lowest BCUT2D eigenvalue weighted by molar-refractivity contribution is 0.401. The molecule has 1 rings (SSSR count). The molecule has 0 fully saturated rings. The molecular weight excluding hydrogens is 262 g/mol. The van der Waals surface area contributed by atoms with Crippen LogP contribution in [-0.4, -0.2) is 33.6 Å². The second-order valence-electron chi connectivity index (χ2n) is 4.45. The average molecular weight is 285 g/mol. The minimum absolute atomic E-state index is 0.101. The van der Waals surface area contributed by atoms with E-state index in [1.165, 1.54) is 0 Å². The van der Waals surface area contributed by atoms with E-state index in [0.717, 1.165) is 24.3 Å². The van der Waals surface area contributed by atoms with Crippen LogP contribution in [0, 0.1) is 0 Å². The molecule has 19 heavy (non-hydrogen) atoms. The molecule has 4 nitrogen and oxygen atoms in total. The summed E-state index contributed by atoms with van der Waals surface area (Å²) in [5.41, 5.74) is 0.899. The summed E-state index contributed by atoms with van der Waals surface area (Å²) in [7, 11) is -1.44. The van der Waals surface area contributed by atoms with Crippen molar-refractivity contribution in [2.24, 2.45) is 0 Å². The first kappa shape index (κ1) is 16.0. The summed E-state index contributed by atoms with van der Waals surface area (Å²) in [6.07, 6.45) is 0.956. The zero-order valence-electron chi connectivity index (χ0n) is 11.8. The first-order valence-electron chi connectivity index (χ1n) is 6.60. The first-order valence-corrected chi connectivity index (χ1v) is 8.43. The normalized spacial score (nSPS) is 13.2. The lowest BCUT2D eigenvalue weighted by Gasteiger charge is -2.21. The van der Waals surface area contributed by atoms with Crippen molar-refractivity contribution in [3.05, 3.63) is 29.8 Å². The van der Waals surface area contributed by atoms with Crippen LogP contribution in [0.25, 0.3) is 0 Å². The summed E-state index contributed by atoms with van der Waals surface area (Å²) in [6, 6.07) is 7.33. The fourth-order valence-electron chi connectivity index (χ4n) is 1.90. The molecule has 0 aliphatic rings. The number of nitrogens with one attached hydrogen (secondary N) is 1. The van der Waals surface area contributed by atoms with Crippen molar-refractivity contribution in [3.8, 4) is 5.75 Å². The second-order valence-corrected chi connectivity index (χ2v) is 6.85. The van der Waals surface area contributed by atoms with Crippen LogP contribution in [0.3, 0.4) is 0 Å². The summed E-state index contributed by atoms with van der Waals surface area (Å²) in [5.74, 6) is 0.985. The van der Waals surface area contributed by atoms with Crippen molar-refractivity contribution in [2.45, 2.75) is 26.3 Å². The van der Waals surface area contributed by atoms with E-state index in [2.05, 4.69) is 12.2 Å². The molecule has 5 heteroatoms. The number of methoxy groups -OCH3 is 1. The van der Waals surface area contributed by atoms with Gasteiger partial charge in [-0.05, 0) is 19.0 Å². The first-order chi connectivity index (χ1) is 9.04.